The van der Waals surface area contributed by atoms with Gasteiger partial charge in [0.05, 0.1) is 6.42 Å². The van der Waals surface area contributed by atoms with Crippen molar-refractivity contribution in [3.63, 3.8) is 0 Å². The van der Waals surface area contributed by atoms with Crippen molar-refractivity contribution < 1.29 is 24.3 Å². The van der Waals surface area contributed by atoms with Crippen molar-refractivity contribution in [1.29, 1.82) is 0 Å². The summed E-state index contributed by atoms with van der Waals surface area (Å²) in [6.45, 7) is 2.83. The summed E-state index contributed by atoms with van der Waals surface area (Å²) in [7, 11) is 1.43. The van der Waals surface area contributed by atoms with E-state index in [1.54, 1.807) is 0 Å². The topological polar surface area (TPSA) is 107 Å². The molecule has 19 heavy (non-hydrogen) atoms. The van der Waals surface area contributed by atoms with Crippen molar-refractivity contribution in [1.82, 2.24) is 15.1 Å². The lowest BCUT2D eigenvalue weighted by molar-refractivity contribution is -0.143. The lowest BCUT2D eigenvalue weighted by atomic mass is 9.99. The SMILES string of the molecule is CN(CCC(=O)O)C(=O)N1CC(=O)NC(=O)C1(C)C. The van der Waals surface area contributed by atoms with Crippen LogP contribution in [0.5, 0.6) is 0 Å². The molecule has 1 rings (SSSR count). The highest BCUT2D eigenvalue weighted by molar-refractivity contribution is 6.05. The number of imide groups is 1. The van der Waals surface area contributed by atoms with Crippen LogP contribution in [0.2, 0.25) is 0 Å². The Labute approximate surface area is 110 Å². The van der Waals surface area contributed by atoms with Crippen LogP contribution in [0, 0.1) is 0 Å². The number of carbonyl (C=O) groups is 4. The van der Waals surface area contributed by atoms with Crippen molar-refractivity contribution >= 4 is 23.8 Å². The maximum Gasteiger partial charge on any atom is 0.321 e. The summed E-state index contributed by atoms with van der Waals surface area (Å²) in [5.74, 6) is -2.13. The fourth-order valence-electron chi connectivity index (χ4n) is 1.65. The Hall–Kier alpha value is -2.12. The summed E-state index contributed by atoms with van der Waals surface area (Å²) in [4.78, 5) is 47.9. The summed E-state index contributed by atoms with van der Waals surface area (Å²) >= 11 is 0. The Morgan fingerprint density at radius 2 is 2.00 bits per heavy atom. The summed E-state index contributed by atoms with van der Waals surface area (Å²) < 4.78 is 0. The van der Waals surface area contributed by atoms with E-state index in [1.165, 1.54) is 25.8 Å². The first-order valence-electron chi connectivity index (χ1n) is 5.75. The molecule has 0 bridgehead atoms. The van der Waals surface area contributed by atoms with Gasteiger partial charge < -0.3 is 14.9 Å². The fraction of sp³-hybridized carbons (Fsp3) is 0.636. The highest BCUT2D eigenvalue weighted by Crippen LogP contribution is 2.19. The minimum atomic E-state index is -1.15. The zero-order chi connectivity index (χ0) is 14.8. The predicted molar refractivity (Wildman–Crippen MR) is 64.2 cm³/mol. The third-order valence-electron chi connectivity index (χ3n) is 3.00. The van der Waals surface area contributed by atoms with Gasteiger partial charge in [0.25, 0.3) is 5.91 Å². The van der Waals surface area contributed by atoms with E-state index in [-0.39, 0.29) is 19.5 Å². The van der Waals surface area contributed by atoms with E-state index >= 15 is 0 Å². The van der Waals surface area contributed by atoms with E-state index in [2.05, 4.69) is 5.32 Å². The average molecular weight is 271 g/mol. The molecule has 0 aliphatic carbocycles. The zero-order valence-electron chi connectivity index (χ0n) is 11.1. The molecule has 0 unspecified atom stereocenters. The predicted octanol–water partition coefficient (Wildman–Crippen LogP) is -0.750. The van der Waals surface area contributed by atoms with Gasteiger partial charge in [0.2, 0.25) is 5.91 Å². The number of rotatable bonds is 3. The lowest BCUT2D eigenvalue weighted by Crippen LogP contribution is -2.67. The lowest BCUT2D eigenvalue weighted by Gasteiger charge is -2.41. The molecule has 0 aromatic heterocycles. The van der Waals surface area contributed by atoms with Crippen LogP contribution in [0.1, 0.15) is 20.3 Å². The van der Waals surface area contributed by atoms with Crippen molar-refractivity contribution in [3.8, 4) is 0 Å². The van der Waals surface area contributed by atoms with Gasteiger partial charge in [-0.15, -0.1) is 0 Å². The van der Waals surface area contributed by atoms with Crippen LogP contribution >= 0.6 is 0 Å². The van der Waals surface area contributed by atoms with Gasteiger partial charge >= 0.3 is 12.0 Å². The molecule has 0 atom stereocenters. The van der Waals surface area contributed by atoms with Gasteiger partial charge in [0.15, 0.2) is 0 Å². The maximum absolute atomic E-state index is 12.1. The molecule has 0 radical (unpaired) electrons. The number of nitrogens with zero attached hydrogens (tertiary/aromatic N) is 2. The van der Waals surface area contributed by atoms with Crippen LogP contribution in [0.25, 0.3) is 0 Å². The Morgan fingerprint density at radius 3 is 2.53 bits per heavy atom. The van der Waals surface area contributed by atoms with Crippen molar-refractivity contribution in [3.05, 3.63) is 0 Å². The highest BCUT2D eigenvalue weighted by atomic mass is 16.4. The monoisotopic (exact) mass is 271 g/mol. The van der Waals surface area contributed by atoms with Crippen molar-refractivity contribution in [2.45, 2.75) is 25.8 Å². The van der Waals surface area contributed by atoms with Crippen LogP contribution in [-0.4, -0.2) is 64.4 Å². The Morgan fingerprint density at radius 1 is 1.42 bits per heavy atom. The van der Waals surface area contributed by atoms with Crippen LogP contribution < -0.4 is 5.32 Å². The van der Waals surface area contributed by atoms with E-state index in [4.69, 9.17) is 5.11 Å². The molecule has 0 aromatic carbocycles. The number of piperazine rings is 1. The van der Waals surface area contributed by atoms with Crippen LogP contribution in [0.4, 0.5) is 4.79 Å². The first kappa shape index (κ1) is 14.9. The Kier molecular flexibility index (Phi) is 4.13. The van der Waals surface area contributed by atoms with Gasteiger partial charge in [-0.25, -0.2) is 4.79 Å². The van der Waals surface area contributed by atoms with Crippen LogP contribution in [0.3, 0.4) is 0 Å². The van der Waals surface area contributed by atoms with Crippen LogP contribution in [-0.2, 0) is 14.4 Å². The minimum absolute atomic E-state index is 0.0105. The molecule has 4 amide bonds. The third kappa shape index (κ3) is 3.21. The summed E-state index contributed by atoms with van der Waals surface area (Å²) in [5.41, 5.74) is -1.15. The van der Waals surface area contributed by atoms with Crippen LogP contribution in [0.15, 0.2) is 0 Å². The molecule has 1 fully saturated rings. The van der Waals surface area contributed by atoms with E-state index in [0.29, 0.717) is 0 Å². The van der Waals surface area contributed by atoms with Crippen molar-refractivity contribution in [2.75, 3.05) is 20.1 Å². The number of aliphatic carboxylic acids is 1. The molecule has 1 heterocycles. The summed E-state index contributed by atoms with van der Waals surface area (Å²) in [6, 6.07) is -0.547. The smallest absolute Gasteiger partial charge is 0.321 e. The number of carboxylic acid groups (broad SMARTS) is 1. The van der Waals surface area contributed by atoms with Gasteiger partial charge in [-0.3, -0.25) is 19.7 Å². The molecule has 8 nitrogen and oxygen atoms in total. The van der Waals surface area contributed by atoms with E-state index < -0.39 is 29.4 Å². The molecular weight excluding hydrogens is 254 g/mol. The molecule has 0 spiro atoms. The second-order valence-electron chi connectivity index (χ2n) is 4.87. The molecule has 106 valence electrons. The van der Waals surface area contributed by atoms with Gasteiger partial charge in [-0.2, -0.15) is 0 Å². The number of hydrogen-bond acceptors (Lipinski definition) is 4. The molecule has 1 saturated heterocycles. The second kappa shape index (κ2) is 5.25. The largest absolute Gasteiger partial charge is 0.481 e. The van der Waals surface area contributed by atoms with E-state index in [9.17, 15) is 19.2 Å². The van der Waals surface area contributed by atoms with Gasteiger partial charge in [0, 0.05) is 13.6 Å². The molecular formula is C11H17N3O5. The number of hydrogen-bond donors (Lipinski definition) is 2. The molecule has 1 aliphatic rings. The third-order valence-corrected chi connectivity index (χ3v) is 3.00. The molecule has 2 N–H and O–H groups in total. The average Bonchev–Trinajstić information content (AvgIpc) is 2.30. The molecule has 0 aromatic rings. The minimum Gasteiger partial charge on any atom is -0.481 e. The normalized spacial score (nSPS) is 17.9. The zero-order valence-corrected chi connectivity index (χ0v) is 11.1. The molecule has 1 aliphatic heterocycles. The van der Waals surface area contributed by atoms with Gasteiger partial charge in [-0.1, -0.05) is 0 Å². The van der Waals surface area contributed by atoms with Gasteiger partial charge in [-0.05, 0) is 13.8 Å². The van der Waals surface area contributed by atoms with Gasteiger partial charge in [0.1, 0.15) is 12.1 Å². The first-order chi connectivity index (χ1) is 8.66. The number of nitrogens with one attached hydrogen (secondary N) is 1. The summed E-state index contributed by atoms with van der Waals surface area (Å²) in [5, 5.41) is 10.7. The standard InChI is InChI=1S/C11H17N3O5/c1-11(2)9(18)12-7(15)6-14(11)10(19)13(3)5-4-8(16)17/h4-6H2,1-3H3,(H,16,17)(H,12,15,18). The fourth-order valence-corrected chi connectivity index (χ4v) is 1.65. The quantitative estimate of drug-likeness (QED) is 0.657. The highest BCUT2D eigenvalue weighted by Gasteiger charge is 2.44. The second-order valence-corrected chi connectivity index (χ2v) is 4.87. The number of carboxylic acids is 1. The van der Waals surface area contributed by atoms with E-state index in [1.807, 2.05) is 0 Å². The molecule has 8 heteroatoms. The summed E-state index contributed by atoms with van der Waals surface area (Å²) in [6.07, 6.45) is -0.198. The number of amides is 4. The maximum atomic E-state index is 12.1. The number of urea groups is 1. The Balaban J connectivity index is 2.81. The molecule has 0 saturated carbocycles. The van der Waals surface area contributed by atoms with E-state index in [0.717, 1.165) is 4.90 Å². The first-order valence-corrected chi connectivity index (χ1v) is 5.75. The Bertz CT molecular complexity index is 432. The van der Waals surface area contributed by atoms with Crippen molar-refractivity contribution in [2.24, 2.45) is 0 Å². The number of carbonyl (C=O) groups excluding carboxylic acids is 3.